The third-order valence-corrected chi connectivity index (χ3v) is 21.6. The van der Waals surface area contributed by atoms with E-state index in [1.54, 1.807) is 0 Å². The number of aliphatic hydroxyl groups excluding tert-OH is 1. The van der Waals surface area contributed by atoms with E-state index in [0.29, 0.717) is 25.7 Å². The molecule has 0 aliphatic carbocycles. The molecule has 17 nitrogen and oxygen atoms in total. The Balaban J connectivity index is 5.27. The second-order valence-electron chi connectivity index (χ2n) is 31.1. The summed E-state index contributed by atoms with van der Waals surface area (Å²) < 4.78 is 68.8. The van der Waals surface area contributed by atoms with Gasteiger partial charge < -0.3 is 33.8 Å². The van der Waals surface area contributed by atoms with Crippen molar-refractivity contribution < 1.29 is 80.2 Å². The monoisotopic (exact) mass is 1490 g/mol. The Hall–Kier alpha value is -1.94. The first-order valence-electron chi connectivity index (χ1n) is 42.9. The van der Waals surface area contributed by atoms with Crippen molar-refractivity contribution >= 4 is 39.5 Å². The molecule has 0 saturated heterocycles. The van der Waals surface area contributed by atoms with E-state index >= 15 is 0 Å². The second kappa shape index (κ2) is 73.2. The molecule has 102 heavy (non-hydrogen) atoms. The predicted molar refractivity (Wildman–Crippen MR) is 418 cm³/mol. The molecule has 19 heteroatoms. The van der Waals surface area contributed by atoms with Crippen molar-refractivity contribution in [2.45, 2.75) is 452 Å². The van der Waals surface area contributed by atoms with Gasteiger partial charge in [0, 0.05) is 25.7 Å². The van der Waals surface area contributed by atoms with Crippen LogP contribution in [0.1, 0.15) is 434 Å². The van der Waals surface area contributed by atoms with Gasteiger partial charge in [-0.1, -0.05) is 382 Å². The smallest absolute Gasteiger partial charge is 0.462 e. The Labute approximate surface area is 626 Å². The summed E-state index contributed by atoms with van der Waals surface area (Å²) in [5.74, 6) is 0.265. The maximum Gasteiger partial charge on any atom is 0.472 e. The minimum Gasteiger partial charge on any atom is -0.462 e. The molecule has 0 saturated carbocycles. The van der Waals surface area contributed by atoms with Gasteiger partial charge in [-0.3, -0.25) is 37.3 Å². The molecule has 6 atom stereocenters. The highest BCUT2D eigenvalue weighted by Gasteiger charge is 2.30. The molecular weight excluding hydrogens is 1330 g/mol. The quantitative estimate of drug-likeness (QED) is 0.0222. The number of carbonyl (C=O) groups excluding carboxylic acids is 4. The number of phosphoric acid groups is 2. The number of aliphatic hydroxyl groups is 1. The Morgan fingerprint density at radius 1 is 0.284 bits per heavy atom. The highest BCUT2D eigenvalue weighted by Crippen LogP contribution is 2.45. The summed E-state index contributed by atoms with van der Waals surface area (Å²) in [6.07, 6.45) is 62.3. The predicted octanol–water partition coefficient (Wildman–Crippen LogP) is 24.9. The highest BCUT2D eigenvalue weighted by atomic mass is 31.2. The van der Waals surface area contributed by atoms with Gasteiger partial charge in [0.2, 0.25) is 0 Å². The SMILES string of the molecule is CCCCCCCCCCCCCCCCCCC(=O)O[C@H](COC(=O)CCCCCCCCCCC(C)CC)COP(=O)(O)OC[C@H](O)COP(=O)(O)OC[C@@H](COC(=O)CCCCCCCCCCCCCCCCC(C)C)OC(=O)CCCCCCCCCCCCCCCCC(C)C. The molecule has 0 aliphatic heterocycles. The molecule has 0 fully saturated rings. The summed E-state index contributed by atoms with van der Waals surface area (Å²) in [5, 5.41) is 10.7. The summed E-state index contributed by atoms with van der Waals surface area (Å²) in [6, 6.07) is 0. The van der Waals surface area contributed by atoms with Gasteiger partial charge in [0.1, 0.15) is 19.3 Å². The first-order valence-corrected chi connectivity index (χ1v) is 45.9. The second-order valence-corrected chi connectivity index (χ2v) is 34.0. The van der Waals surface area contributed by atoms with Crippen LogP contribution < -0.4 is 0 Å². The van der Waals surface area contributed by atoms with Crippen LogP contribution in [0, 0.1) is 17.8 Å². The van der Waals surface area contributed by atoms with Crippen LogP contribution in [-0.2, 0) is 65.4 Å². The van der Waals surface area contributed by atoms with Gasteiger partial charge in [-0.05, 0) is 43.4 Å². The van der Waals surface area contributed by atoms with E-state index < -0.39 is 97.5 Å². The van der Waals surface area contributed by atoms with Crippen molar-refractivity contribution in [3.63, 3.8) is 0 Å². The van der Waals surface area contributed by atoms with Crippen LogP contribution in [-0.4, -0.2) is 96.7 Å². The van der Waals surface area contributed by atoms with Gasteiger partial charge in [0.15, 0.2) is 12.2 Å². The molecule has 0 aromatic carbocycles. The van der Waals surface area contributed by atoms with Crippen LogP contribution in [0.25, 0.3) is 0 Å². The van der Waals surface area contributed by atoms with Crippen molar-refractivity contribution in [3.05, 3.63) is 0 Å². The third-order valence-electron chi connectivity index (χ3n) is 19.7. The molecule has 0 radical (unpaired) electrons. The van der Waals surface area contributed by atoms with E-state index in [9.17, 15) is 43.2 Å². The zero-order chi connectivity index (χ0) is 75.1. The van der Waals surface area contributed by atoms with Crippen LogP contribution >= 0.6 is 15.6 Å². The lowest BCUT2D eigenvalue weighted by Crippen LogP contribution is -2.30. The molecule has 0 rings (SSSR count). The molecule has 606 valence electrons. The van der Waals surface area contributed by atoms with Crippen LogP contribution in [0.4, 0.5) is 0 Å². The Kier molecular flexibility index (Phi) is 71.8. The van der Waals surface area contributed by atoms with Gasteiger partial charge >= 0.3 is 39.5 Å². The average molecular weight is 1490 g/mol. The lowest BCUT2D eigenvalue weighted by Gasteiger charge is -2.21. The minimum absolute atomic E-state index is 0.108. The van der Waals surface area contributed by atoms with Gasteiger partial charge in [-0.2, -0.15) is 0 Å². The van der Waals surface area contributed by atoms with Crippen molar-refractivity contribution in [1.29, 1.82) is 0 Å². The first-order chi connectivity index (χ1) is 49.3. The van der Waals surface area contributed by atoms with Crippen molar-refractivity contribution in [2.75, 3.05) is 39.6 Å². The standard InChI is InChI=1S/C83H162O17P2/c1-8-10-11-12-13-14-15-16-17-18-26-31-36-45-52-59-66-83(88)100-79(71-94-81(86)65-58-51-44-39-38-42-49-56-63-76(7)9-2)73-98-102(91,92)96-69-77(84)68-95-101(89,90)97-72-78(99-82(87)67-60-53-46-37-32-27-22-20-24-29-34-41-48-55-62-75(5)6)70-93-80(85)64-57-50-43-35-30-25-21-19-23-28-33-40-47-54-61-74(3)4/h74-79,84H,8-73H2,1-7H3,(H,89,90)(H,91,92)/t76?,77-,78-,79-/m1/s1. The van der Waals surface area contributed by atoms with E-state index in [1.807, 2.05) is 0 Å². The molecule has 0 heterocycles. The van der Waals surface area contributed by atoms with Crippen LogP contribution in [0.15, 0.2) is 0 Å². The molecular formula is C83H162O17P2. The van der Waals surface area contributed by atoms with Gasteiger partial charge in [0.05, 0.1) is 26.4 Å². The first kappa shape index (κ1) is 100. The molecule has 0 aromatic heterocycles. The number of hydrogen-bond donors (Lipinski definition) is 3. The fourth-order valence-electron chi connectivity index (χ4n) is 12.8. The van der Waals surface area contributed by atoms with Gasteiger partial charge in [-0.25, -0.2) is 9.13 Å². The summed E-state index contributed by atoms with van der Waals surface area (Å²) in [5.41, 5.74) is 0. The number of rotatable bonds is 81. The zero-order valence-electron chi connectivity index (χ0n) is 67.1. The Morgan fingerprint density at radius 2 is 0.500 bits per heavy atom. The van der Waals surface area contributed by atoms with E-state index in [2.05, 4.69) is 48.5 Å². The number of esters is 4. The Bertz CT molecular complexity index is 1980. The third kappa shape index (κ3) is 74.9. The van der Waals surface area contributed by atoms with Crippen molar-refractivity contribution in [1.82, 2.24) is 0 Å². The van der Waals surface area contributed by atoms with E-state index in [4.69, 9.17) is 37.0 Å². The summed E-state index contributed by atoms with van der Waals surface area (Å²) >= 11 is 0. The molecule has 0 bridgehead atoms. The number of carbonyl (C=O) groups is 4. The van der Waals surface area contributed by atoms with Crippen molar-refractivity contribution in [3.8, 4) is 0 Å². The molecule has 0 aliphatic rings. The molecule has 0 spiro atoms. The summed E-state index contributed by atoms with van der Waals surface area (Å²) in [6.45, 7) is 12.0. The average Bonchev–Trinajstić information content (AvgIpc) is 0.911. The fraction of sp³-hybridized carbons (Fsp3) is 0.952. The number of ether oxygens (including phenoxy) is 4. The highest BCUT2D eigenvalue weighted by molar-refractivity contribution is 7.47. The fourth-order valence-corrected chi connectivity index (χ4v) is 14.4. The molecule has 3 N–H and O–H groups in total. The number of phosphoric ester groups is 2. The van der Waals surface area contributed by atoms with E-state index in [-0.39, 0.29) is 25.7 Å². The normalized spacial score (nSPS) is 14.2. The molecule has 3 unspecified atom stereocenters. The van der Waals surface area contributed by atoms with E-state index in [1.165, 1.54) is 244 Å². The maximum absolute atomic E-state index is 13.1. The van der Waals surface area contributed by atoms with Crippen LogP contribution in [0.5, 0.6) is 0 Å². The Morgan fingerprint density at radius 3 is 0.745 bits per heavy atom. The zero-order valence-corrected chi connectivity index (χ0v) is 68.9. The molecule has 0 amide bonds. The van der Waals surface area contributed by atoms with Crippen molar-refractivity contribution in [2.24, 2.45) is 17.8 Å². The number of unbranched alkanes of at least 4 members (excludes halogenated alkanes) is 48. The largest absolute Gasteiger partial charge is 0.472 e. The lowest BCUT2D eigenvalue weighted by atomic mass is 9.99. The van der Waals surface area contributed by atoms with Gasteiger partial charge in [-0.15, -0.1) is 0 Å². The summed E-state index contributed by atoms with van der Waals surface area (Å²) in [7, 11) is -9.93. The topological polar surface area (TPSA) is 237 Å². The molecule has 0 aromatic rings. The minimum atomic E-state index is -4.96. The lowest BCUT2D eigenvalue weighted by molar-refractivity contribution is -0.161. The van der Waals surface area contributed by atoms with Gasteiger partial charge in [0.25, 0.3) is 0 Å². The maximum atomic E-state index is 13.1. The van der Waals surface area contributed by atoms with Crippen LogP contribution in [0.2, 0.25) is 0 Å². The summed E-state index contributed by atoms with van der Waals surface area (Å²) in [4.78, 5) is 73.2. The number of hydrogen-bond acceptors (Lipinski definition) is 15. The van der Waals surface area contributed by atoms with Crippen LogP contribution in [0.3, 0.4) is 0 Å². The van der Waals surface area contributed by atoms with E-state index in [0.717, 1.165) is 108 Å².